The number of hydrogen-bond donors (Lipinski definition) is 0. The quantitative estimate of drug-likeness (QED) is 0.742. The van der Waals surface area contributed by atoms with Crippen LogP contribution in [0.15, 0.2) is 18.3 Å². The average Bonchev–Trinajstić information content (AvgIpc) is 3.00. The second-order valence-corrected chi connectivity index (χ2v) is 5.95. The maximum Gasteiger partial charge on any atom is 0.214 e. The van der Waals surface area contributed by atoms with E-state index in [4.69, 9.17) is 0 Å². The highest BCUT2D eigenvalue weighted by Gasteiger charge is 2.44. The Bertz CT molecular complexity index is 446. The first-order chi connectivity index (χ1) is 8.79. The lowest BCUT2D eigenvalue weighted by Crippen LogP contribution is -2.30. The minimum atomic E-state index is -0.371. The first-order valence-electron chi connectivity index (χ1n) is 6.90. The van der Waals surface area contributed by atoms with E-state index in [1.54, 1.807) is 12.3 Å². The molecule has 2 atom stereocenters. The summed E-state index contributed by atoms with van der Waals surface area (Å²) in [4.78, 5) is 8.62. The topological polar surface area (TPSA) is 19.4 Å². The van der Waals surface area contributed by atoms with Crippen LogP contribution in [0.1, 0.15) is 12.8 Å². The number of hydrogen-bond acceptors (Lipinski definition) is 3. The van der Waals surface area contributed by atoms with Gasteiger partial charge in [-0.2, -0.15) is 4.39 Å². The van der Waals surface area contributed by atoms with E-state index in [-0.39, 0.29) is 5.95 Å². The zero-order chi connectivity index (χ0) is 12.1. The molecule has 0 amide bonds. The van der Waals surface area contributed by atoms with E-state index < -0.39 is 0 Å². The molecule has 3 fully saturated rings. The molecular formula is C14H18FN3. The van der Waals surface area contributed by atoms with E-state index in [1.165, 1.54) is 25.9 Å². The van der Waals surface area contributed by atoms with Crippen molar-refractivity contribution in [2.24, 2.45) is 11.8 Å². The number of rotatable bonds is 2. The average molecular weight is 247 g/mol. The van der Waals surface area contributed by atoms with Crippen LogP contribution in [0.2, 0.25) is 0 Å². The molecule has 0 bridgehead atoms. The molecule has 2 unspecified atom stereocenters. The van der Waals surface area contributed by atoms with Crippen LogP contribution in [0, 0.1) is 17.8 Å². The molecule has 1 aliphatic carbocycles. The molecule has 0 spiro atoms. The van der Waals surface area contributed by atoms with Crippen molar-refractivity contribution in [3.05, 3.63) is 24.3 Å². The van der Waals surface area contributed by atoms with Crippen LogP contribution in [0.5, 0.6) is 0 Å². The number of halogens is 1. The minimum absolute atomic E-state index is 0.371. The molecule has 3 heterocycles. The van der Waals surface area contributed by atoms with Crippen LogP contribution < -0.4 is 4.90 Å². The van der Waals surface area contributed by atoms with Gasteiger partial charge in [0.2, 0.25) is 5.95 Å². The molecule has 96 valence electrons. The van der Waals surface area contributed by atoms with E-state index in [9.17, 15) is 4.39 Å². The summed E-state index contributed by atoms with van der Waals surface area (Å²) in [7, 11) is 0. The monoisotopic (exact) mass is 247 g/mol. The van der Waals surface area contributed by atoms with Gasteiger partial charge >= 0.3 is 0 Å². The highest BCUT2D eigenvalue weighted by molar-refractivity contribution is 5.46. The summed E-state index contributed by atoms with van der Waals surface area (Å²) in [5.41, 5.74) is 0.995. The fraction of sp³-hybridized carbons (Fsp3) is 0.643. The molecule has 0 radical (unpaired) electrons. The smallest absolute Gasteiger partial charge is 0.214 e. The Morgan fingerprint density at radius 1 is 1.11 bits per heavy atom. The van der Waals surface area contributed by atoms with Gasteiger partial charge in [0.25, 0.3) is 0 Å². The summed E-state index contributed by atoms with van der Waals surface area (Å²) >= 11 is 0. The first-order valence-corrected chi connectivity index (χ1v) is 6.90. The van der Waals surface area contributed by atoms with Gasteiger partial charge in [0.15, 0.2) is 0 Å². The SMILES string of the molecule is Fc1cc(N2CC3CN(C4CC4)CC3C2)ccn1. The molecule has 4 heteroatoms. The second-order valence-electron chi connectivity index (χ2n) is 5.95. The van der Waals surface area contributed by atoms with E-state index in [1.807, 2.05) is 6.07 Å². The number of pyridine rings is 1. The number of fused-ring (bicyclic) bond motifs is 1. The standard InChI is InChI=1S/C14H18FN3/c15-14-5-13(3-4-16-14)18-8-10-6-17(12-1-2-12)7-11(10)9-18/h3-5,10-12H,1-2,6-9H2. The Morgan fingerprint density at radius 3 is 2.44 bits per heavy atom. The molecule has 3 aliphatic rings. The number of nitrogens with zero attached hydrogens (tertiary/aromatic N) is 3. The Labute approximate surface area is 107 Å². The molecule has 0 N–H and O–H groups in total. The first kappa shape index (κ1) is 10.7. The largest absolute Gasteiger partial charge is 0.371 e. The van der Waals surface area contributed by atoms with Crippen molar-refractivity contribution in [1.29, 1.82) is 0 Å². The lowest BCUT2D eigenvalue weighted by atomic mass is 10.0. The van der Waals surface area contributed by atoms with Crippen molar-refractivity contribution in [1.82, 2.24) is 9.88 Å². The van der Waals surface area contributed by atoms with Gasteiger partial charge in [-0.15, -0.1) is 0 Å². The van der Waals surface area contributed by atoms with Crippen LogP contribution in [0.25, 0.3) is 0 Å². The fourth-order valence-corrected chi connectivity index (χ4v) is 3.57. The molecule has 3 nitrogen and oxygen atoms in total. The summed E-state index contributed by atoms with van der Waals surface area (Å²) < 4.78 is 13.1. The van der Waals surface area contributed by atoms with Crippen LogP contribution in [-0.2, 0) is 0 Å². The van der Waals surface area contributed by atoms with Crippen molar-refractivity contribution in [3.63, 3.8) is 0 Å². The van der Waals surface area contributed by atoms with Gasteiger partial charge in [-0.25, -0.2) is 4.98 Å². The molecule has 4 rings (SSSR count). The molecule has 0 aromatic carbocycles. The van der Waals surface area contributed by atoms with Crippen molar-refractivity contribution < 1.29 is 4.39 Å². The van der Waals surface area contributed by atoms with Crippen molar-refractivity contribution in [2.45, 2.75) is 18.9 Å². The van der Waals surface area contributed by atoms with E-state index in [0.29, 0.717) is 0 Å². The highest BCUT2D eigenvalue weighted by Crippen LogP contribution is 2.39. The fourth-order valence-electron chi connectivity index (χ4n) is 3.57. The zero-order valence-electron chi connectivity index (χ0n) is 10.4. The summed E-state index contributed by atoms with van der Waals surface area (Å²) in [6.45, 7) is 4.66. The third-order valence-electron chi connectivity index (χ3n) is 4.65. The van der Waals surface area contributed by atoms with Crippen LogP contribution >= 0.6 is 0 Å². The normalized spacial score (nSPS) is 31.9. The van der Waals surface area contributed by atoms with Gasteiger partial charge in [0, 0.05) is 50.2 Å². The van der Waals surface area contributed by atoms with Crippen LogP contribution in [-0.4, -0.2) is 42.1 Å². The molecule has 1 aromatic heterocycles. The van der Waals surface area contributed by atoms with Crippen molar-refractivity contribution in [3.8, 4) is 0 Å². The third-order valence-corrected chi connectivity index (χ3v) is 4.65. The van der Waals surface area contributed by atoms with Gasteiger partial charge < -0.3 is 4.90 Å². The highest BCUT2D eigenvalue weighted by atomic mass is 19.1. The van der Waals surface area contributed by atoms with E-state index in [0.717, 1.165) is 36.7 Å². The summed E-state index contributed by atoms with van der Waals surface area (Å²) in [5.74, 6) is 1.19. The lowest BCUT2D eigenvalue weighted by molar-refractivity contribution is 0.306. The van der Waals surface area contributed by atoms with E-state index >= 15 is 0 Å². The Morgan fingerprint density at radius 2 is 1.83 bits per heavy atom. The van der Waals surface area contributed by atoms with Gasteiger partial charge in [0.05, 0.1) is 0 Å². The van der Waals surface area contributed by atoms with Gasteiger partial charge in [-0.1, -0.05) is 0 Å². The van der Waals surface area contributed by atoms with Gasteiger partial charge in [-0.05, 0) is 30.7 Å². The predicted molar refractivity (Wildman–Crippen MR) is 68.0 cm³/mol. The van der Waals surface area contributed by atoms with Crippen molar-refractivity contribution in [2.75, 3.05) is 31.1 Å². The van der Waals surface area contributed by atoms with Gasteiger partial charge in [-0.3, -0.25) is 4.90 Å². The minimum Gasteiger partial charge on any atom is -0.371 e. The van der Waals surface area contributed by atoms with Gasteiger partial charge in [0.1, 0.15) is 0 Å². The lowest BCUT2D eigenvalue weighted by Gasteiger charge is -2.22. The maximum atomic E-state index is 13.1. The molecule has 1 aromatic rings. The maximum absolute atomic E-state index is 13.1. The summed E-state index contributed by atoms with van der Waals surface area (Å²) in [6, 6.07) is 4.37. The third kappa shape index (κ3) is 1.79. The number of anilines is 1. The molecular weight excluding hydrogens is 229 g/mol. The summed E-state index contributed by atoms with van der Waals surface area (Å²) in [5, 5.41) is 0. The molecule has 18 heavy (non-hydrogen) atoms. The number of likely N-dealkylation sites (tertiary alicyclic amines) is 1. The number of aromatic nitrogens is 1. The summed E-state index contributed by atoms with van der Waals surface area (Å²) in [6.07, 6.45) is 4.37. The van der Waals surface area contributed by atoms with Crippen LogP contribution in [0.3, 0.4) is 0 Å². The zero-order valence-corrected chi connectivity index (χ0v) is 10.4. The predicted octanol–water partition coefficient (Wildman–Crippen LogP) is 1.75. The van der Waals surface area contributed by atoms with E-state index in [2.05, 4.69) is 14.8 Å². The van der Waals surface area contributed by atoms with Crippen LogP contribution in [0.4, 0.5) is 10.1 Å². The Hall–Kier alpha value is -1.16. The molecule has 2 aliphatic heterocycles. The molecule has 1 saturated carbocycles. The van der Waals surface area contributed by atoms with Crippen molar-refractivity contribution >= 4 is 5.69 Å². The second kappa shape index (κ2) is 3.92. The Kier molecular flexibility index (Phi) is 2.34. The Balaban J connectivity index is 1.46. The molecule has 2 saturated heterocycles.